The van der Waals surface area contributed by atoms with Crippen LogP contribution in [0.5, 0.6) is 0 Å². The highest BCUT2D eigenvalue weighted by Gasteiger charge is 2.22. The number of hydrogen-bond acceptors (Lipinski definition) is 3. The Morgan fingerprint density at radius 2 is 2.00 bits per heavy atom. The van der Waals surface area contributed by atoms with Crippen molar-refractivity contribution in [3.63, 3.8) is 0 Å². The predicted molar refractivity (Wildman–Crippen MR) is 71.4 cm³/mol. The van der Waals surface area contributed by atoms with Gasteiger partial charge in [0.2, 0.25) is 0 Å². The normalized spacial score (nSPS) is 18.1. The zero-order valence-corrected chi connectivity index (χ0v) is 11.1. The molecule has 0 heterocycles. The van der Waals surface area contributed by atoms with Gasteiger partial charge in [0, 0.05) is 6.04 Å². The van der Waals surface area contributed by atoms with Crippen molar-refractivity contribution < 1.29 is 5.21 Å². The molecule has 0 bridgehead atoms. The van der Waals surface area contributed by atoms with E-state index < -0.39 is 0 Å². The predicted octanol–water partition coefficient (Wildman–Crippen LogP) is 2.56. The maximum absolute atomic E-state index is 8.67. The Hall–Kier alpha value is -0.770. The maximum Gasteiger partial charge on any atom is 0.153 e. The molecule has 1 rings (SSSR count). The van der Waals surface area contributed by atoms with Crippen LogP contribution < -0.4 is 5.73 Å². The number of rotatable bonds is 8. The molecule has 0 unspecified atom stereocenters. The highest BCUT2D eigenvalue weighted by molar-refractivity contribution is 5.81. The molecule has 4 nitrogen and oxygen atoms in total. The molecule has 1 fully saturated rings. The van der Waals surface area contributed by atoms with Crippen LogP contribution in [0.2, 0.25) is 0 Å². The van der Waals surface area contributed by atoms with Gasteiger partial charge in [0.25, 0.3) is 0 Å². The van der Waals surface area contributed by atoms with E-state index in [0.717, 1.165) is 6.54 Å². The van der Waals surface area contributed by atoms with E-state index in [1.165, 1.54) is 51.4 Å². The third-order valence-electron chi connectivity index (χ3n) is 3.63. The second-order valence-electron chi connectivity index (χ2n) is 5.06. The average Bonchev–Trinajstić information content (AvgIpc) is 2.86. The zero-order valence-electron chi connectivity index (χ0n) is 11.1. The Balaban J connectivity index is 2.35. The molecule has 1 aliphatic rings. The van der Waals surface area contributed by atoms with Gasteiger partial charge in [0.05, 0.1) is 6.54 Å². The number of hydrogen-bond donors (Lipinski definition) is 2. The standard InChI is InChI=1S/C13H27N3O/c1-2-3-4-7-10-16(11-13(14)15-17)12-8-5-6-9-12/h12,17H,2-11H2,1H3,(H2,14,15). The van der Waals surface area contributed by atoms with Crippen LogP contribution in [0.15, 0.2) is 5.16 Å². The van der Waals surface area contributed by atoms with Crippen molar-refractivity contribution in [2.45, 2.75) is 64.3 Å². The van der Waals surface area contributed by atoms with Crippen LogP contribution in [0.4, 0.5) is 0 Å². The van der Waals surface area contributed by atoms with Crippen molar-refractivity contribution in [3.05, 3.63) is 0 Å². The van der Waals surface area contributed by atoms with Gasteiger partial charge in [0.1, 0.15) is 0 Å². The number of nitrogens with two attached hydrogens (primary N) is 1. The second-order valence-corrected chi connectivity index (χ2v) is 5.06. The summed E-state index contributed by atoms with van der Waals surface area (Å²) in [4.78, 5) is 2.40. The summed E-state index contributed by atoms with van der Waals surface area (Å²) in [6.45, 7) is 3.93. The summed E-state index contributed by atoms with van der Waals surface area (Å²) in [5.74, 6) is 0.340. The Labute approximate surface area is 105 Å². The van der Waals surface area contributed by atoms with E-state index in [-0.39, 0.29) is 0 Å². The SMILES string of the molecule is CCCCCCN(CC(N)=NO)C1CCCC1. The first-order valence-electron chi connectivity index (χ1n) is 6.98. The number of nitrogens with zero attached hydrogens (tertiary/aromatic N) is 2. The molecule has 0 radical (unpaired) electrons. The van der Waals surface area contributed by atoms with Crippen LogP contribution in [-0.2, 0) is 0 Å². The topological polar surface area (TPSA) is 61.8 Å². The van der Waals surface area contributed by atoms with Gasteiger partial charge >= 0.3 is 0 Å². The van der Waals surface area contributed by atoms with E-state index in [0.29, 0.717) is 18.4 Å². The van der Waals surface area contributed by atoms with Gasteiger partial charge in [-0.2, -0.15) is 0 Å². The molecule has 0 amide bonds. The molecule has 0 aromatic rings. The largest absolute Gasteiger partial charge is 0.409 e. The quantitative estimate of drug-likeness (QED) is 0.226. The summed E-state index contributed by atoms with van der Waals surface area (Å²) in [7, 11) is 0. The molecule has 100 valence electrons. The van der Waals surface area contributed by atoms with E-state index in [2.05, 4.69) is 17.0 Å². The van der Waals surface area contributed by atoms with Gasteiger partial charge in [0.15, 0.2) is 5.84 Å². The molecule has 0 aromatic heterocycles. The fourth-order valence-electron chi connectivity index (χ4n) is 2.64. The first-order chi connectivity index (χ1) is 8.27. The minimum absolute atomic E-state index is 0.340. The zero-order chi connectivity index (χ0) is 12.5. The van der Waals surface area contributed by atoms with Crippen LogP contribution in [0.1, 0.15) is 58.3 Å². The number of oxime groups is 1. The summed E-state index contributed by atoms with van der Waals surface area (Å²) < 4.78 is 0. The molecule has 0 aliphatic heterocycles. The van der Waals surface area contributed by atoms with Crippen molar-refractivity contribution in [1.82, 2.24) is 4.90 Å². The van der Waals surface area contributed by atoms with E-state index in [9.17, 15) is 0 Å². The third-order valence-corrected chi connectivity index (χ3v) is 3.63. The highest BCUT2D eigenvalue weighted by Crippen LogP contribution is 2.23. The van der Waals surface area contributed by atoms with Gasteiger partial charge in [-0.15, -0.1) is 0 Å². The molecule has 1 aliphatic carbocycles. The Morgan fingerprint density at radius 1 is 1.29 bits per heavy atom. The molecule has 0 atom stereocenters. The minimum atomic E-state index is 0.340. The molecule has 0 saturated heterocycles. The molecule has 0 aromatic carbocycles. The summed E-state index contributed by atoms with van der Waals surface area (Å²) in [6, 6.07) is 0.650. The van der Waals surface area contributed by atoms with Crippen LogP contribution in [0.25, 0.3) is 0 Å². The lowest BCUT2D eigenvalue weighted by atomic mass is 10.1. The third kappa shape index (κ3) is 5.39. The van der Waals surface area contributed by atoms with Gasteiger partial charge in [-0.25, -0.2) is 0 Å². The molecule has 17 heavy (non-hydrogen) atoms. The van der Waals surface area contributed by atoms with Gasteiger partial charge < -0.3 is 10.9 Å². The maximum atomic E-state index is 8.67. The van der Waals surface area contributed by atoms with Crippen LogP contribution in [0, 0.1) is 0 Å². The van der Waals surface area contributed by atoms with Gasteiger partial charge in [-0.1, -0.05) is 44.2 Å². The highest BCUT2D eigenvalue weighted by atomic mass is 16.4. The molecular weight excluding hydrogens is 214 g/mol. The first kappa shape index (κ1) is 14.3. The van der Waals surface area contributed by atoms with E-state index in [4.69, 9.17) is 10.9 Å². The number of unbranched alkanes of at least 4 members (excludes halogenated alkanes) is 3. The Bertz CT molecular complexity index is 225. The molecule has 4 heteroatoms. The first-order valence-corrected chi connectivity index (χ1v) is 6.98. The summed E-state index contributed by atoms with van der Waals surface area (Å²) in [5.41, 5.74) is 5.63. The summed E-state index contributed by atoms with van der Waals surface area (Å²) in [5, 5.41) is 11.8. The monoisotopic (exact) mass is 241 g/mol. The fourth-order valence-corrected chi connectivity index (χ4v) is 2.64. The molecule has 3 N–H and O–H groups in total. The smallest absolute Gasteiger partial charge is 0.153 e. The van der Waals surface area contributed by atoms with Crippen LogP contribution in [0.3, 0.4) is 0 Å². The lowest BCUT2D eigenvalue weighted by Crippen LogP contribution is -2.40. The average molecular weight is 241 g/mol. The summed E-state index contributed by atoms with van der Waals surface area (Å²) >= 11 is 0. The lowest BCUT2D eigenvalue weighted by Gasteiger charge is -2.28. The fraction of sp³-hybridized carbons (Fsp3) is 0.923. The summed E-state index contributed by atoms with van der Waals surface area (Å²) in [6.07, 6.45) is 10.3. The van der Waals surface area contributed by atoms with Crippen molar-refractivity contribution in [1.29, 1.82) is 0 Å². The Kier molecular flexibility index (Phi) is 7.01. The van der Waals surface area contributed by atoms with E-state index in [1.54, 1.807) is 0 Å². The van der Waals surface area contributed by atoms with Crippen LogP contribution in [-0.4, -0.2) is 35.1 Å². The molecular formula is C13H27N3O. The second kappa shape index (κ2) is 8.34. The molecule has 1 saturated carbocycles. The molecule has 0 spiro atoms. The van der Waals surface area contributed by atoms with Crippen molar-refractivity contribution in [2.24, 2.45) is 10.9 Å². The van der Waals surface area contributed by atoms with Gasteiger partial charge in [-0.3, -0.25) is 4.90 Å². The van der Waals surface area contributed by atoms with Crippen molar-refractivity contribution >= 4 is 5.84 Å². The van der Waals surface area contributed by atoms with E-state index >= 15 is 0 Å². The van der Waals surface area contributed by atoms with Crippen LogP contribution >= 0.6 is 0 Å². The minimum Gasteiger partial charge on any atom is -0.409 e. The van der Waals surface area contributed by atoms with Gasteiger partial charge in [-0.05, 0) is 25.8 Å². The van der Waals surface area contributed by atoms with Crippen molar-refractivity contribution in [2.75, 3.05) is 13.1 Å². The number of amidine groups is 1. The Morgan fingerprint density at radius 3 is 2.59 bits per heavy atom. The van der Waals surface area contributed by atoms with E-state index in [1.807, 2.05) is 0 Å². The van der Waals surface area contributed by atoms with Crippen molar-refractivity contribution in [3.8, 4) is 0 Å². The lowest BCUT2D eigenvalue weighted by molar-refractivity contribution is 0.217.